The van der Waals surface area contributed by atoms with Crippen LogP contribution >= 0.6 is 0 Å². The van der Waals surface area contributed by atoms with Crippen molar-refractivity contribution in [2.45, 2.75) is 26.3 Å². The number of sulfonamides is 1. The molecular formula is C20H26N2O5S. The van der Waals surface area contributed by atoms with Crippen LogP contribution in [0.1, 0.15) is 20.3 Å². The summed E-state index contributed by atoms with van der Waals surface area (Å²) in [5, 5.41) is 2.79. The third-order valence-corrected chi connectivity index (χ3v) is 5.25. The fourth-order valence-electron chi connectivity index (χ4n) is 2.85. The zero-order chi connectivity index (χ0) is 20.7. The summed E-state index contributed by atoms with van der Waals surface area (Å²) in [5.41, 5.74) is 0.936. The summed E-state index contributed by atoms with van der Waals surface area (Å²) >= 11 is 0. The Kier molecular flexibility index (Phi) is 7.28. The van der Waals surface area contributed by atoms with E-state index in [1.807, 2.05) is 6.92 Å². The third kappa shape index (κ3) is 5.39. The van der Waals surface area contributed by atoms with Gasteiger partial charge in [0, 0.05) is 11.8 Å². The van der Waals surface area contributed by atoms with Gasteiger partial charge in [-0.1, -0.05) is 13.0 Å². The normalized spacial score (nSPS) is 12.1. The van der Waals surface area contributed by atoms with Crippen LogP contribution in [0.4, 0.5) is 11.4 Å². The number of anilines is 2. The molecule has 8 heteroatoms. The standard InChI is InChI=1S/C20H26N2O5S/c1-5-19(20(23)21-15-8-7-9-18(14-15)27-6-2)22(28(4,24)25)16-10-12-17(26-3)13-11-16/h7-14,19H,5-6H2,1-4H3,(H,21,23). The molecule has 1 unspecified atom stereocenters. The predicted octanol–water partition coefficient (Wildman–Crippen LogP) is 3.28. The second-order valence-electron chi connectivity index (χ2n) is 6.13. The minimum atomic E-state index is -3.70. The van der Waals surface area contributed by atoms with E-state index in [1.54, 1.807) is 55.5 Å². The second kappa shape index (κ2) is 9.45. The molecule has 0 radical (unpaired) electrons. The number of carbonyl (C=O) groups excluding carboxylic acids is 1. The Morgan fingerprint density at radius 1 is 1.11 bits per heavy atom. The lowest BCUT2D eigenvalue weighted by Crippen LogP contribution is -2.46. The molecule has 0 fully saturated rings. The molecule has 28 heavy (non-hydrogen) atoms. The van der Waals surface area contributed by atoms with Crippen LogP contribution in [0.25, 0.3) is 0 Å². The Morgan fingerprint density at radius 3 is 2.32 bits per heavy atom. The monoisotopic (exact) mass is 406 g/mol. The number of rotatable bonds is 9. The van der Waals surface area contributed by atoms with Gasteiger partial charge in [-0.05, 0) is 49.7 Å². The minimum Gasteiger partial charge on any atom is -0.497 e. The summed E-state index contributed by atoms with van der Waals surface area (Å²) in [6.45, 7) is 4.15. The van der Waals surface area contributed by atoms with E-state index in [2.05, 4.69) is 5.32 Å². The molecular weight excluding hydrogens is 380 g/mol. The first kappa shape index (κ1) is 21.6. The van der Waals surface area contributed by atoms with Gasteiger partial charge < -0.3 is 14.8 Å². The van der Waals surface area contributed by atoms with Crippen molar-refractivity contribution >= 4 is 27.3 Å². The summed E-state index contributed by atoms with van der Waals surface area (Å²) in [6.07, 6.45) is 1.39. The molecule has 2 aromatic rings. The Bertz CT molecular complexity index is 897. The van der Waals surface area contributed by atoms with E-state index in [-0.39, 0.29) is 0 Å². The van der Waals surface area contributed by atoms with E-state index < -0.39 is 22.0 Å². The largest absolute Gasteiger partial charge is 0.497 e. The first-order valence-electron chi connectivity index (χ1n) is 8.97. The fraction of sp³-hybridized carbons (Fsp3) is 0.350. The highest BCUT2D eigenvalue weighted by molar-refractivity contribution is 7.92. The molecule has 7 nitrogen and oxygen atoms in total. The fourth-order valence-corrected chi connectivity index (χ4v) is 4.06. The maximum absolute atomic E-state index is 12.9. The van der Waals surface area contributed by atoms with Crippen molar-refractivity contribution in [3.8, 4) is 11.5 Å². The van der Waals surface area contributed by atoms with Crippen LogP contribution in [0.5, 0.6) is 11.5 Å². The van der Waals surface area contributed by atoms with Crippen molar-refractivity contribution in [2.75, 3.05) is 29.6 Å². The van der Waals surface area contributed by atoms with Gasteiger partial charge in [-0.15, -0.1) is 0 Å². The van der Waals surface area contributed by atoms with Crippen molar-refractivity contribution < 1.29 is 22.7 Å². The lowest BCUT2D eigenvalue weighted by molar-refractivity contribution is -0.117. The van der Waals surface area contributed by atoms with Crippen LogP contribution < -0.4 is 19.1 Å². The topological polar surface area (TPSA) is 84.9 Å². The summed E-state index contributed by atoms with van der Waals surface area (Å²) in [5.74, 6) is 0.809. The molecule has 2 aromatic carbocycles. The molecule has 1 amide bonds. The van der Waals surface area contributed by atoms with Crippen LogP contribution in [-0.4, -0.2) is 40.3 Å². The molecule has 0 aliphatic carbocycles. The molecule has 2 rings (SSSR count). The van der Waals surface area contributed by atoms with Crippen molar-refractivity contribution in [2.24, 2.45) is 0 Å². The zero-order valence-electron chi connectivity index (χ0n) is 16.5. The highest BCUT2D eigenvalue weighted by Crippen LogP contribution is 2.26. The van der Waals surface area contributed by atoms with Gasteiger partial charge in [0.1, 0.15) is 17.5 Å². The molecule has 1 atom stereocenters. The second-order valence-corrected chi connectivity index (χ2v) is 7.99. The smallest absolute Gasteiger partial charge is 0.248 e. The third-order valence-electron chi connectivity index (χ3n) is 4.07. The van der Waals surface area contributed by atoms with Crippen LogP contribution in [-0.2, 0) is 14.8 Å². The lowest BCUT2D eigenvalue weighted by Gasteiger charge is -2.30. The van der Waals surface area contributed by atoms with Crippen LogP contribution in [0.2, 0.25) is 0 Å². The predicted molar refractivity (Wildman–Crippen MR) is 111 cm³/mol. The van der Waals surface area contributed by atoms with Gasteiger partial charge in [-0.3, -0.25) is 9.10 Å². The summed E-state index contributed by atoms with van der Waals surface area (Å²) in [7, 11) is -2.17. The first-order valence-corrected chi connectivity index (χ1v) is 10.8. The lowest BCUT2D eigenvalue weighted by atomic mass is 10.1. The number of nitrogens with zero attached hydrogens (tertiary/aromatic N) is 1. The highest BCUT2D eigenvalue weighted by atomic mass is 32.2. The Balaban J connectivity index is 2.32. The number of ether oxygens (including phenoxy) is 2. The number of benzene rings is 2. The number of methoxy groups -OCH3 is 1. The van der Waals surface area contributed by atoms with Gasteiger partial charge in [-0.25, -0.2) is 8.42 Å². The Hall–Kier alpha value is -2.74. The molecule has 0 heterocycles. The van der Waals surface area contributed by atoms with Crippen molar-refractivity contribution in [1.82, 2.24) is 0 Å². The van der Waals surface area contributed by atoms with Gasteiger partial charge in [0.15, 0.2) is 0 Å². The van der Waals surface area contributed by atoms with E-state index in [4.69, 9.17) is 9.47 Å². The maximum Gasteiger partial charge on any atom is 0.248 e. The Morgan fingerprint density at radius 2 is 1.79 bits per heavy atom. The summed E-state index contributed by atoms with van der Waals surface area (Å²) < 4.78 is 36.6. The molecule has 0 aromatic heterocycles. The molecule has 152 valence electrons. The van der Waals surface area contributed by atoms with Gasteiger partial charge in [-0.2, -0.15) is 0 Å². The van der Waals surface area contributed by atoms with Gasteiger partial charge in [0.05, 0.1) is 25.7 Å². The van der Waals surface area contributed by atoms with Gasteiger partial charge in [0.25, 0.3) is 0 Å². The number of carbonyl (C=O) groups is 1. The van der Waals surface area contributed by atoms with Crippen LogP contribution in [0, 0.1) is 0 Å². The van der Waals surface area contributed by atoms with Crippen molar-refractivity contribution in [3.63, 3.8) is 0 Å². The molecule has 0 spiro atoms. The van der Waals surface area contributed by atoms with E-state index in [9.17, 15) is 13.2 Å². The maximum atomic E-state index is 12.9. The van der Waals surface area contributed by atoms with E-state index in [0.29, 0.717) is 35.9 Å². The number of hydrogen-bond acceptors (Lipinski definition) is 5. The highest BCUT2D eigenvalue weighted by Gasteiger charge is 2.31. The average molecular weight is 407 g/mol. The summed E-state index contributed by atoms with van der Waals surface area (Å²) in [4.78, 5) is 12.9. The molecule has 0 aliphatic heterocycles. The molecule has 1 N–H and O–H groups in total. The Labute approximate surface area is 166 Å². The molecule has 0 bridgehead atoms. The van der Waals surface area contributed by atoms with E-state index >= 15 is 0 Å². The van der Waals surface area contributed by atoms with Gasteiger partial charge >= 0.3 is 0 Å². The average Bonchev–Trinajstić information content (AvgIpc) is 2.65. The first-order chi connectivity index (χ1) is 13.3. The molecule has 0 saturated carbocycles. The number of hydrogen-bond donors (Lipinski definition) is 1. The molecule has 0 aliphatic rings. The quantitative estimate of drug-likeness (QED) is 0.691. The number of nitrogens with one attached hydrogen (secondary N) is 1. The summed E-state index contributed by atoms with van der Waals surface area (Å²) in [6, 6.07) is 12.6. The van der Waals surface area contributed by atoms with Crippen molar-refractivity contribution in [1.29, 1.82) is 0 Å². The van der Waals surface area contributed by atoms with Gasteiger partial charge in [0.2, 0.25) is 15.9 Å². The van der Waals surface area contributed by atoms with Crippen molar-refractivity contribution in [3.05, 3.63) is 48.5 Å². The van der Waals surface area contributed by atoms with Crippen LogP contribution in [0.15, 0.2) is 48.5 Å². The van der Waals surface area contributed by atoms with Crippen LogP contribution in [0.3, 0.4) is 0 Å². The number of amides is 1. The van der Waals surface area contributed by atoms with E-state index in [1.165, 1.54) is 7.11 Å². The minimum absolute atomic E-state index is 0.302. The SMILES string of the molecule is CCOc1cccc(NC(=O)C(CC)N(c2ccc(OC)cc2)S(C)(=O)=O)c1. The zero-order valence-corrected chi connectivity index (χ0v) is 17.3. The van der Waals surface area contributed by atoms with E-state index in [0.717, 1.165) is 10.6 Å². The molecule has 0 saturated heterocycles.